The number of esters is 3. The summed E-state index contributed by atoms with van der Waals surface area (Å²) in [6, 6.07) is 0. The molecule has 0 fully saturated rings. The van der Waals surface area contributed by atoms with E-state index in [1.165, 1.54) is 0 Å². The Labute approximate surface area is 114 Å². The lowest BCUT2D eigenvalue weighted by molar-refractivity contribution is -0.149. The van der Waals surface area contributed by atoms with E-state index < -0.39 is 29.6 Å². The Hall–Kier alpha value is -1.82. The largest absolute Gasteiger partial charge is 0.462 e. The second kappa shape index (κ2) is 6.38. The molecule has 0 aromatic carbocycles. The van der Waals surface area contributed by atoms with E-state index in [9.17, 15) is 14.4 Å². The lowest BCUT2D eigenvalue weighted by Gasteiger charge is -2.12. The first-order valence-electron chi connectivity index (χ1n) is 5.58. The third-order valence-corrected chi connectivity index (χ3v) is 2.20. The van der Waals surface area contributed by atoms with Crippen molar-refractivity contribution in [3.05, 3.63) is 22.4 Å². The number of carbonyl (C=O) groups excluding carboxylic acids is 3. The number of hydrogen-bond donors (Lipinski definition) is 0. The van der Waals surface area contributed by atoms with Gasteiger partial charge in [0.05, 0.1) is 17.7 Å². The van der Waals surface area contributed by atoms with Gasteiger partial charge in [-0.3, -0.25) is 0 Å². The van der Waals surface area contributed by atoms with Crippen LogP contribution >= 0.6 is 11.6 Å². The second-order valence-corrected chi connectivity index (χ2v) is 4.20. The number of ether oxygens (including phenoxy) is 3. The number of hydrogen-bond acceptors (Lipinski definition) is 6. The zero-order chi connectivity index (χ0) is 14.6. The van der Waals surface area contributed by atoms with E-state index in [1.54, 1.807) is 20.8 Å². The number of cyclic esters (lactones) is 1. The maximum Gasteiger partial charge on any atom is 0.349 e. The molecular formula is C12H13ClO6. The summed E-state index contributed by atoms with van der Waals surface area (Å²) in [5, 5.41) is -0.145. The zero-order valence-electron chi connectivity index (χ0n) is 10.7. The highest BCUT2D eigenvalue weighted by Gasteiger charge is 2.33. The summed E-state index contributed by atoms with van der Waals surface area (Å²) in [6.07, 6.45) is 0.510. The van der Waals surface area contributed by atoms with Crippen molar-refractivity contribution in [1.82, 2.24) is 0 Å². The van der Waals surface area contributed by atoms with Crippen molar-refractivity contribution < 1.29 is 28.6 Å². The third-order valence-electron chi connectivity index (χ3n) is 1.92. The van der Waals surface area contributed by atoms with E-state index in [0.717, 1.165) is 6.08 Å². The molecule has 6 nitrogen and oxygen atoms in total. The van der Waals surface area contributed by atoms with Gasteiger partial charge in [-0.25, -0.2) is 14.4 Å². The van der Waals surface area contributed by atoms with Crippen LogP contribution in [0.15, 0.2) is 22.4 Å². The summed E-state index contributed by atoms with van der Waals surface area (Å²) >= 11 is 5.73. The molecule has 0 saturated carbocycles. The van der Waals surface area contributed by atoms with Crippen LogP contribution in [-0.4, -0.2) is 30.6 Å². The van der Waals surface area contributed by atoms with Gasteiger partial charge in [-0.05, 0) is 20.8 Å². The molecular weight excluding hydrogens is 276 g/mol. The van der Waals surface area contributed by atoms with Gasteiger partial charge in [0.15, 0.2) is 11.3 Å². The number of halogens is 1. The zero-order valence-corrected chi connectivity index (χ0v) is 11.4. The van der Waals surface area contributed by atoms with Crippen molar-refractivity contribution in [2.24, 2.45) is 0 Å². The number of allylic oxidation sites excluding steroid dienone is 1. The topological polar surface area (TPSA) is 78.9 Å². The van der Waals surface area contributed by atoms with Gasteiger partial charge in [0.25, 0.3) is 0 Å². The minimum Gasteiger partial charge on any atom is -0.462 e. The maximum atomic E-state index is 11.9. The Morgan fingerprint density at radius 2 is 2.00 bits per heavy atom. The summed E-state index contributed by atoms with van der Waals surface area (Å²) in [5.41, 5.74) is -0.525. The van der Waals surface area contributed by atoms with E-state index >= 15 is 0 Å². The van der Waals surface area contributed by atoms with Crippen LogP contribution in [0.4, 0.5) is 0 Å². The fourth-order valence-electron chi connectivity index (χ4n) is 1.26. The molecule has 1 aliphatic heterocycles. The maximum absolute atomic E-state index is 11.9. The van der Waals surface area contributed by atoms with Gasteiger partial charge in [-0.1, -0.05) is 11.6 Å². The van der Waals surface area contributed by atoms with E-state index in [4.69, 9.17) is 25.8 Å². The molecule has 19 heavy (non-hydrogen) atoms. The van der Waals surface area contributed by atoms with Crippen molar-refractivity contribution >= 4 is 29.5 Å². The SMILES string of the molecule is CCOC(=O)/C(C(=O)OC(C)C)=C1\OC(=O)C=C1Cl. The van der Waals surface area contributed by atoms with Gasteiger partial charge in [-0.2, -0.15) is 0 Å². The molecule has 0 aliphatic carbocycles. The molecule has 0 atom stereocenters. The Morgan fingerprint density at radius 3 is 2.42 bits per heavy atom. The first-order valence-corrected chi connectivity index (χ1v) is 5.96. The molecule has 0 saturated heterocycles. The molecule has 0 amide bonds. The van der Waals surface area contributed by atoms with Gasteiger partial charge in [0, 0.05) is 6.08 Å². The van der Waals surface area contributed by atoms with Gasteiger partial charge in [0.2, 0.25) is 0 Å². The molecule has 0 radical (unpaired) electrons. The summed E-state index contributed by atoms with van der Waals surface area (Å²) in [6.45, 7) is 4.86. The predicted molar refractivity (Wildman–Crippen MR) is 64.9 cm³/mol. The Balaban J connectivity index is 3.17. The molecule has 1 rings (SSSR count). The Bertz CT molecular complexity index is 475. The molecule has 0 aromatic rings. The van der Waals surface area contributed by atoms with Gasteiger partial charge < -0.3 is 14.2 Å². The van der Waals surface area contributed by atoms with Crippen molar-refractivity contribution in [3.8, 4) is 0 Å². The summed E-state index contributed by atoms with van der Waals surface area (Å²) in [5.74, 6) is -3.01. The van der Waals surface area contributed by atoms with Crippen molar-refractivity contribution in [2.75, 3.05) is 6.61 Å². The minimum atomic E-state index is -0.954. The van der Waals surface area contributed by atoms with Crippen LogP contribution in [0.3, 0.4) is 0 Å². The quantitative estimate of drug-likeness (QED) is 0.256. The van der Waals surface area contributed by atoms with Gasteiger partial charge in [-0.15, -0.1) is 0 Å². The lowest BCUT2D eigenvalue weighted by atomic mass is 10.2. The van der Waals surface area contributed by atoms with E-state index in [-0.39, 0.29) is 17.4 Å². The number of carbonyl (C=O) groups is 3. The highest BCUT2D eigenvalue weighted by Crippen LogP contribution is 2.27. The Morgan fingerprint density at radius 1 is 1.37 bits per heavy atom. The molecule has 0 aromatic heterocycles. The fraction of sp³-hybridized carbons (Fsp3) is 0.417. The van der Waals surface area contributed by atoms with Crippen molar-refractivity contribution in [1.29, 1.82) is 0 Å². The lowest BCUT2D eigenvalue weighted by Crippen LogP contribution is -2.23. The summed E-state index contributed by atoms with van der Waals surface area (Å²) in [4.78, 5) is 34.7. The molecule has 0 bridgehead atoms. The average molecular weight is 289 g/mol. The Kier molecular flexibility index (Phi) is 5.11. The standard InChI is InChI=1S/C12H13ClO6/c1-4-17-11(15)9(12(16)18-6(2)3)10-7(13)5-8(14)19-10/h5-6H,4H2,1-3H3/b10-9+. The molecule has 1 heterocycles. The molecule has 0 N–H and O–H groups in total. The first-order chi connectivity index (χ1) is 8.86. The van der Waals surface area contributed by atoms with E-state index in [1.807, 2.05) is 0 Å². The van der Waals surface area contributed by atoms with E-state index in [2.05, 4.69) is 0 Å². The molecule has 0 unspecified atom stereocenters. The van der Waals surface area contributed by atoms with Crippen LogP contribution in [0.25, 0.3) is 0 Å². The summed E-state index contributed by atoms with van der Waals surface area (Å²) < 4.78 is 14.3. The smallest absolute Gasteiger partial charge is 0.349 e. The van der Waals surface area contributed by atoms with E-state index in [0.29, 0.717) is 0 Å². The van der Waals surface area contributed by atoms with Crippen LogP contribution in [0, 0.1) is 0 Å². The van der Waals surface area contributed by atoms with Crippen molar-refractivity contribution in [2.45, 2.75) is 26.9 Å². The molecule has 7 heteroatoms. The highest BCUT2D eigenvalue weighted by atomic mass is 35.5. The first kappa shape index (κ1) is 15.2. The van der Waals surface area contributed by atoms with Crippen LogP contribution in [-0.2, 0) is 28.6 Å². The van der Waals surface area contributed by atoms with Crippen molar-refractivity contribution in [3.63, 3.8) is 0 Å². The van der Waals surface area contributed by atoms with Crippen LogP contribution < -0.4 is 0 Å². The van der Waals surface area contributed by atoms with Gasteiger partial charge in [0.1, 0.15) is 0 Å². The van der Waals surface area contributed by atoms with Crippen LogP contribution in [0.1, 0.15) is 20.8 Å². The highest BCUT2D eigenvalue weighted by molar-refractivity contribution is 6.35. The molecule has 0 spiro atoms. The van der Waals surface area contributed by atoms with Crippen LogP contribution in [0.2, 0.25) is 0 Å². The monoisotopic (exact) mass is 288 g/mol. The number of rotatable bonds is 4. The average Bonchev–Trinajstić information content (AvgIpc) is 2.57. The van der Waals surface area contributed by atoms with Gasteiger partial charge >= 0.3 is 17.9 Å². The third kappa shape index (κ3) is 3.82. The summed E-state index contributed by atoms with van der Waals surface area (Å²) in [7, 11) is 0. The molecule has 104 valence electrons. The fourth-order valence-corrected chi connectivity index (χ4v) is 1.49. The second-order valence-electron chi connectivity index (χ2n) is 3.79. The predicted octanol–water partition coefficient (Wildman–Crippen LogP) is 1.43. The minimum absolute atomic E-state index is 0.0554. The molecule has 1 aliphatic rings. The van der Waals surface area contributed by atoms with Crippen LogP contribution in [0.5, 0.6) is 0 Å². The normalized spacial score (nSPS) is 16.9.